The monoisotopic (exact) mass is 499 g/mol. The number of amides is 1. The quantitative estimate of drug-likeness (QED) is 0.267. The van der Waals surface area contributed by atoms with Gasteiger partial charge in [-0.25, -0.2) is 0 Å². The Morgan fingerprint density at radius 1 is 1.00 bits per heavy atom. The molecule has 8 heteroatoms. The summed E-state index contributed by atoms with van der Waals surface area (Å²) < 4.78 is 8.05. The molecule has 2 aromatic carbocycles. The standard InChI is InChI=1S/C27H21N3O3S2/c1-17-9-8-12-21(18(17)2)33-24-20(25(31)29-14-7-6-13-23(29)28-24)15-22-26(32)30(27(34)35-22)16-19-10-4-3-5-11-19/h3-15H,16H2,1-2H3/b22-15+. The van der Waals surface area contributed by atoms with E-state index in [1.807, 2.05) is 62.4 Å². The van der Waals surface area contributed by atoms with Gasteiger partial charge in [0, 0.05) is 6.20 Å². The lowest BCUT2D eigenvalue weighted by molar-refractivity contribution is -0.122. The van der Waals surface area contributed by atoms with E-state index in [4.69, 9.17) is 17.0 Å². The lowest BCUT2D eigenvalue weighted by atomic mass is 10.1. The van der Waals surface area contributed by atoms with Crippen molar-refractivity contribution < 1.29 is 9.53 Å². The van der Waals surface area contributed by atoms with Crippen LogP contribution in [0.5, 0.6) is 11.6 Å². The molecule has 0 unspecified atom stereocenters. The Bertz CT molecular complexity index is 1560. The molecule has 0 saturated carbocycles. The summed E-state index contributed by atoms with van der Waals surface area (Å²) in [5, 5.41) is 0. The molecule has 1 aliphatic rings. The van der Waals surface area contributed by atoms with Crippen molar-refractivity contribution in [2.45, 2.75) is 20.4 Å². The molecule has 0 aliphatic carbocycles. The summed E-state index contributed by atoms with van der Waals surface area (Å²) in [6.07, 6.45) is 3.18. The fourth-order valence-corrected chi connectivity index (χ4v) is 4.99. The van der Waals surface area contributed by atoms with Crippen LogP contribution < -0.4 is 10.3 Å². The van der Waals surface area contributed by atoms with Crippen molar-refractivity contribution in [1.82, 2.24) is 14.3 Å². The van der Waals surface area contributed by atoms with E-state index in [2.05, 4.69) is 4.98 Å². The summed E-state index contributed by atoms with van der Waals surface area (Å²) in [4.78, 5) is 33.2. The van der Waals surface area contributed by atoms with Gasteiger partial charge < -0.3 is 4.74 Å². The van der Waals surface area contributed by atoms with Gasteiger partial charge in [-0.3, -0.25) is 18.9 Å². The third-order valence-electron chi connectivity index (χ3n) is 5.83. The number of benzene rings is 2. The number of hydrogen-bond acceptors (Lipinski definition) is 6. The molecular weight excluding hydrogens is 478 g/mol. The number of nitrogens with zero attached hydrogens (tertiary/aromatic N) is 3. The summed E-state index contributed by atoms with van der Waals surface area (Å²) in [5.41, 5.74) is 3.29. The van der Waals surface area contributed by atoms with Crippen LogP contribution in [0.25, 0.3) is 11.7 Å². The van der Waals surface area contributed by atoms with Crippen molar-refractivity contribution in [2.75, 3.05) is 0 Å². The minimum atomic E-state index is -0.329. The lowest BCUT2D eigenvalue weighted by Gasteiger charge is -2.14. The Morgan fingerprint density at radius 3 is 2.57 bits per heavy atom. The molecule has 35 heavy (non-hydrogen) atoms. The Labute approximate surface area is 211 Å². The van der Waals surface area contributed by atoms with Gasteiger partial charge >= 0.3 is 0 Å². The number of fused-ring (bicyclic) bond motifs is 1. The van der Waals surface area contributed by atoms with Crippen LogP contribution in [0, 0.1) is 13.8 Å². The third-order valence-corrected chi connectivity index (χ3v) is 7.21. The molecule has 1 aliphatic heterocycles. The number of thiocarbonyl (C=S) groups is 1. The van der Waals surface area contributed by atoms with Gasteiger partial charge in [-0.2, -0.15) is 4.98 Å². The summed E-state index contributed by atoms with van der Waals surface area (Å²) in [6.45, 7) is 4.31. The molecule has 0 atom stereocenters. The second-order valence-electron chi connectivity index (χ2n) is 8.12. The van der Waals surface area contributed by atoms with Crippen molar-refractivity contribution in [2.24, 2.45) is 0 Å². The molecule has 0 N–H and O–H groups in total. The second kappa shape index (κ2) is 9.48. The maximum atomic E-state index is 13.5. The molecule has 6 nitrogen and oxygen atoms in total. The van der Waals surface area contributed by atoms with Gasteiger partial charge in [-0.1, -0.05) is 72.5 Å². The van der Waals surface area contributed by atoms with E-state index in [0.29, 0.717) is 27.2 Å². The maximum absolute atomic E-state index is 13.5. The maximum Gasteiger partial charge on any atom is 0.269 e. The zero-order chi connectivity index (χ0) is 24.5. The SMILES string of the molecule is Cc1cccc(Oc2nc3ccccn3c(=O)c2/C=C2/SC(=S)N(Cc3ccccc3)C2=O)c1C. The Morgan fingerprint density at radius 2 is 1.77 bits per heavy atom. The predicted octanol–water partition coefficient (Wildman–Crippen LogP) is 5.51. The van der Waals surface area contributed by atoms with Crippen molar-refractivity contribution in [3.63, 3.8) is 0 Å². The van der Waals surface area contributed by atoms with Gasteiger partial charge in [0.25, 0.3) is 11.5 Å². The number of carbonyl (C=O) groups excluding carboxylic acids is 1. The summed E-state index contributed by atoms with van der Waals surface area (Å²) in [7, 11) is 0. The molecule has 1 saturated heterocycles. The highest BCUT2D eigenvalue weighted by atomic mass is 32.2. The van der Waals surface area contributed by atoms with Crippen LogP contribution in [0.1, 0.15) is 22.3 Å². The Balaban J connectivity index is 1.59. The Hall–Kier alpha value is -3.75. The first-order valence-electron chi connectivity index (χ1n) is 11.0. The van der Waals surface area contributed by atoms with Crippen LogP contribution in [0.2, 0.25) is 0 Å². The number of pyridine rings is 1. The highest BCUT2D eigenvalue weighted by Crippen LogP contribution is 2.35. The van der Waals surface area contributed by atoms with E-state index in [1.54, 1.807) is 35.4 Å². The normalized spacial score (nSPS) is 14.8. The topological polar surface area (TPSA) is 63.9 Å². The number of aryl methyl sites for hydroxylation is 1. The average molecular weight is 500 g/mol. The molecular formula is C27H21N3O3S2. The van der Waals surface area contributed by atoms with Gasteiger partial charge in [0.1, 0.15) is 21.3 Å². The van der Waals surface area contributed by atoms with E-state index in [-0.39, 0.29) is 22.9 Å². The van der Waals surface area contributed by atoms with Gasteiger partial charge in [-0.05, 0) is 54.8 Å². The number of ether oxygens (including phenoxy) is 1. The highest BCUT2D eigenvalue weighted by Gasteiger charge is 2.33. The zero-order valence-corrected chi connectivity index (χ0v) is 20.7. The van der Waals surface area contributed by atoms with E-state index in [1.165, 1.54) is 16.2 Å². The van der Waals surface area contributed by atoms with Crippen LogP contribution in [0.15, 0.2) is 82.6 Å². The summed E-state index contributed by atoms with van der Waals surface area (Å²) in [5.74, 6) is 0.491. The van der Waals surface area contributed by atoms with Crippen LogP contribution in [0.3, 0.4) is 0 Å². The average Bonchev–Trinajstić information content (AvgIpc) is 3.12. The second-order valence-corrected chi connectivity index (χ2v) is 9.79. The molecule has 174 valence electrons. The molecule has 0 radical (unpaired) electrons. The smallest absolute Gasteiger partial charge is 0.269 e. The van der Waals surface area contributed by atoms with E-state index in [0.717, 1.165) is 16.7 Å². The molecule has 4 aromatic rings. The first-order chi connectivity index (χ1) is 16.9. The highest BCUT2D eigenvalue weighted by molar-refractivity contribution is 8.26. The molecule has 1 amide bonds. The number of aromatic nitrogens is 2. The number of rotatable bonds is 5. The van der Waals surface area contributed by atoms with Crippen LogP contribution >= 0.6 is 24.0 Å². The fraction of sp³-hybridized carbons (Fsp3) is 0.111. The van der Waals surface area contributed by atoms with Crippen LogP contribution in [0.4, 0.5) is 0 Å². The molecule has 0 spiro atoms. The molecule has 0 bridgehead atoms. The first kappa shape index (κ1) is 23.0. The lowest BCUT2D eigenvalue weighted by Crippen LogP contribution is -2.27. The minimum absolute atomic E-state index is 0.142. The number of hydrogen-bond donors (Lipinski definition) is 0. The largest absolute Gasteiger partial charge is 0.438 e. The predicted molar refractivity (Wildman–Crippen MR) is 143 cm³/mol. The molecule has 1 fully saturated rings. The number of carbonyl (C=O) groups is 1. The van der Waals surface area contributed by atoms with E-state index < -0.39 is 0 Å². The van der Waals surface area contributed by atoms with Crippen molar-refractivity contribution >= 4 is 45.9 Å². The van der Waals surface area contributed by atoms with E-state index >= 15 is 0 Å². The first-order valence-corrected chi connectivity index (χ1v) is 12.2. The summed E-state index contributed by atoms with van der Waals surface area (Å²) >= 11 is 6.65. The number of thioether (sulfide) groups is 1. The molecule has 5 rings (SSSR count). The fourth-order valence-electron chi connectivity index (χ4n) is 3.76. The van der Waals surface area contributed by atoms with Gasteiger partial charge in [0.2, 0.25) is 5.88 Å². The Kier molecular flexibility index (Phi) is 6.23. The minimum Gasteiger partial charge on any atom is -0.438 e. The van der Waals surface area contributed by atoms with Crippen molar-refractivity contribution in [1.29, 1.82) is 0 Å². The van der Waals surface area contributed by atoms with Crippen LogP contribution in [-0.2, 0) is 11.3 Å². The van der Waals surface area contributed by atoms with Gasteiger partial charge in [0.15, 0.2) is 0 Å². The van der Waals surface area contributed by atoms with Crippen molar-refractivity contribution in [3.05, 3.63) is 110 Å². The van der Waals surface area contributed by atoms with Crippen molar-refractivity contribution in [3.8, 4) is 11.6 Å². The third kappa shape index (κ3) is 4.50. The van der Waals surface area contributed by atoms with Gasteiger partial charge in [-0.15, -0.1) is 0 Å². The summed E-state index contributed by atoms with van der Waals surface area (Å²) in [6, 6.07) is 20.6. The molecule has 2 aromatic heterocycles. The zero-order valence-electron chi connectivity index (χ0n) is 19.1. The van der Waals surface area contributed by atoms with Gasteiger partial charge in [0.05, 0.1) is 11.4 Å². The molecule has 3 heterocycles. The van der Waals surface area contributed by atoms with Crippen LogP contribution in [-0.4, -0.2) is 24.5 Å². The van der Waals surface area contributed by atoms with E-state index in [9.17, 15) is 9.59 Å².